The molecule has 0 spiro atoms. The molecule has 0 aliphatic heterocycles. The molecule has 100 valence electrons. The third-order valence-electron chi connectivity index (χ3n) is 3.20. The van der Waals surface area contributed by atoms with Crippen molar-refractivity contribution >= 4 is 28.5 Å². The maximum Gasteiger partial charge on any atom is 0.117 e. The van der Waals surface area contributed by atoms with Crippen LogP contribution in [-0.4, -0.2) is 21.6 Å². The van der Waals surface area contributed by atoms with Gasteiger partial charge >= 0.3 is 0 Å². The Labute approximate surface area is 117 Å². The number of aromatic nitrogens is 2. The average Bonchev–Trinajstić information content (AvgIpc) is 2.38. The molecule has 1 aromatic carbocycles. The highest BCUT2D eigenvalue weighted by atomic mass is 32.2. The van der Waals surface area contributed by atoms with E-state index in [0.717, 1.165) is 28.1 Å². The van der Waals surface area contributed by atoms with Gasteiger partial charge in [-0.3, -0.25) is 5.41 Å². The van der Waals surface area contributed by atoms with Crippen LogP contribution in [0.4, 0.5) is 0 Å². The molecule has 0 bridgehead atoms. The van der Waals surface area contributed by atoms with Crippen molar-refractivity contribution < 1.29 is 0 Å². The van der Waals surface area contributed by atoms with E-state index in [2.05, 4.69) is 9.97 Å². The molecule has 2 rings (SSSR count). The Kier molecular flexibility index (Phi) is 4.04. The second kappa shape index (κ2) is 5.57. The highest BCUT2D eigenvalue weighted by molar-refractivity contribution is 7.99. The van der Waals surface area contributed by atoms with Crippen LogP contribution in [0, 0.1) is 10.8 Å². The van der Waals surface area contributed by atoms with E-state index in [0.29, 0.717) is 0 Å². The summed E-state index contributed by atoms with van der Waals surface area (Å²) in [6.07, 6.45) is 2.45. The normalized spacial score (nSPS) is 11.7. The van der Waals surface area contributed by atoms with Crippen molar-refractivity contribution in [1.29, 1.82) is 5.41 Å². The molecular formula is C14H18N4S. The molecule has 0 aliphatic carbocycles. The largest absolute Gasteiger partial charge is 0.387 e. The van der Waals surface area contributed by atoms with E-state index in [1.807, 2.05) is 38.1 Å². The third kappa shape index (κ3) is 3.23. The number of rotatable bonds is 5. The van der Waals surface area contributed by atoms with E-state index >= 15 is 0 Å². The number of fused-ring (bicyclic) bond motifs is 1. The molecule has 4 nitrogen and oxygen atoms in total. The van der Waals surface area contributed by atoms with E-state index < -0.39 is 0 Å². The van der Waals surface area contributed by atoms with Crippen LogP contribution in [0.15, 0.2) is 35.6 Å². The number of hydrogen-bond donors (Lipinski definition) is 2. The second-order valence-electron chi connectivity index (χ2n) is 5.09. The SMILES string of the molecule is CC(C)(CCSc1ncnc2ccccc12)C(=N)N. The minimum absolute atomic E-state index is 0.237. The molecule has 1 heterocycles. The minimum Gasteiger partial charge on any atom is -0.387 e. The molecule has 19 heavy (non-hydrogen) atoms. The van der Waals surface area contributed by atoms with Crippen LogP contribution in [0.2, 0.25) is 0 Å². The molecule has 2 aromatic rings. The summed E-state index contributed by atoms with van der Waals surface area (Å²) >= 11 is 1.69. The molecule has 0 unspecified atom stereocenters. The van der Waals surface area contributed by atoms with Crippen molar-refractivity contribution in [3.63, 3.8) is 0 Å². The Morgan fingerprint density at radius 2 is 2.05 bits per heavy atom. The van der Waals surface area contributed by atoms with Gasteiger partial charge in [-0.1, -0.05) is 32.0 Å². The van der Waals surface area contributed by atoms with Gasteiger partial charge in [-0.05, 0) is 12.5 Å². The van der Waals surface area contributed by atoms with Gasteiger partial charge in [0, 0.05) is 16.6 Å². The quantitative estimate of drug-likeness (QED) is 0.380. The lowest BCUT2D eigenvalue weighted by Gasteiger charge is -2.22. The Balaban J connectivity index is 2.09. The molecule has 0 saturated heterocycles. The van der Waals surface area contributed by atoms with Crippen LogP contribution in [-0.2, 0) is 0 Å². The molecule has 5 heteroatoms. The first-order chi connectivity index (χ1) is 9.00. The van der Waals surface area contributed by atoms with Crippen LogP contribution in [0.3, 0.4) is 0 Å². The monoisotopic (exact) mass is 274 g/mol. The number of thioether (sulfide) groups is 1. The first-order valence-electron chi connectivity index (χ1n) is 6.18. The predicted molar refractivity (Wildman–Crippen MR) is 80.6 cm³/mol. The fourth-order valence-corrected chi connectivity index (χ4v) is 2.89. The van der Waals surface area contributed by atoms with Crippen molar-refractivity contribution in [2.75, 3.05) is 5.75 Å². The highest BCUT2D eigenvalue weighted by Gasteiger charge is 2.21. The van der Waals surface area contributed by atoms with Gasteiger partial charge in [0.15, 0.2) is 0 Å². The summed E-state index contributed by atoms with van der Waals surface area (Å²) in [5.41, 5.74) is 6.30. The minimum atomic E-state index is -0.254. The van der Waals surface area contributed by atoms with Crippen molar-refractivity contribution in [3.8, 4) is 0 Å². The van der Waals surface area contributed by atoms with Crippen molar-refractivity contribution in [3.05, 3.63) is 30.6 Å². The predicted octanol–water partition coefficient (Wildman–Crippen LogP) is 3.07. The van der Waals surface area contributed by atoms with Crippen molar-refractivity contribution in [1.82, 2.24) is 9.97 Å². The van der Waals surface area contributed by atoms with E-state index in [4.69, 9.17) is 11.1 Å². The maximum absolute atomic E-state index is 7.55. The first kappa shape index (κ1) is 13.8. The summed E-state index contributed by atoms with van der Waals surface area (Å²) in [6.45, 7) is 3.99. The molecule has 3 N–H and O–H groups in total. The summed E-state index contributed by atoms with van der Waals surface area (Å²) < 4.78 is 0. The molecule has 0 amide bonds. The average molecular weight is 274 g/mol. The number of nitrogens with two attached hydrogens (primary N) is 1. The van der Waals surface area contributed by atoms with E-state index in [-0.39, 0.29) is 11.3 Å². The van der Waals surface area contributed by atoms with Crippen molar-refractivity contribution in [2.24, 2.45) is 11.1 Å². The van der Waals surface area contributed by atoms with Crippen LogP contribution in [0.1, 0.15) is 20.3 Å². The van der Waals surface area contributed by atoms with Crippen LogP contribution in [0.25, 0.3) is 10.9 Å². The standard InChI is InChI=1S/C14H18N4S/c1-14(2,13(15)16)7-8-19-12-10-5-3-4-6-11(10)17-9-18-12/h3-6,9H,7-8H2,1-2H3,(H3,15,16). The van der Waals surface area contributed by atoms with Gasteiger partial charge in [-0.15, -0.1) is 11.8 Å². The lowest BCUT2D eigenvalue weighted by molar-refractivity contribution is 0.500. The zero-order valence-corrected chi connectivity index (χ0v) is 12.0. The molecule has 0 radical (unpaired) electrons. The third-order valence-corrected chi connectivity index (χ3v) is 4.21. The topological polar surface area (TPSA) is 75.7 Å². The first-order valence-corrected chi connectivity index (χ1v) is 7.16. The molecule has 0 fully saturated rings. The van der Waals surface area contributed by atoms with Crippen LogP contribution < -0.4 is 5.73 Å². The van der Waals surface area contributed by atoms with Gasteiger partial charge in [0.2, 0.25) is 0 Å². The zero-order chi connectivity index (χ0) is 13.9. The van der Waals surface area contributed by atoms with Gasteiger partial charge in [-0.25, -0.2) is 9.97 Å². The molecular weight excluding hydrogens is 256 g/mol. The van der Waals surface area contributed by atoms with Crippen LogP contribution >= 0.6 is 11.8 Å². The molecule has 0 saturated carbocycles. The van der Waals surface area contributed by atoms with Gasteiger partial charge in [-0.2, -0.15) is 0 Å². The lowest BCUT2D eigenvalue weighted by Crippen LogP contribution is -2.31. The Bertz CT molecular complexity index is 590. The Morgan fingerprint density at radius 3 is 2.79 bits per heavy atom. The van der Waals surface area contributed by atoms with Crippen LogP contribution in [0.5, 0.6) is 0 Å². The fourth-order valence-electron chi connectivity index (χ4n) is 1.63. The maximum atomic E-state index is 7.55. The number of amidine groups is 1. The molecule has 0 atom stereocenters. The van der Waals surface area contributed by atoms with Gasteiger partial charge < -0.3 is 5.73 Å². The second-order valence-corrected chi connectivity index (χ2v) is 6.18. The Hall–Kier alpha value is -1.62. The van der Waals surface area contributed by atoms with E-state index in [1.54, 1.807) is 18.1 Å². The number of para-hydroxylation sites is 1. The van der Waals surface area contributed by atoms with Gasteiger partial charge in [0.05, 0.1) is 11.4 Å². The summed E-state index contributed by atoms with van der Waals surface area (Å²) in [5.74, 6) is 1.12. The number of nitrogens with one attached hydrogen (secondary N) is 1. The number of nitrogens with zero attached hydrogens (tertiary/aromatic N) is 2. The summed E-state index contributed by atoms with van der Waals surface area (Å²) in [7, 11) is 0. The van der Waals surface area contributed by atoms with Gasteiger partial charge in [0.1, 0.15) is 11.4 Å². The van der Waals surface area contributed by atoms with E-state index in [9.17, 15) is 0 Å². The molecule has 0 aliphatic rings. The number of benzene rings is 1. The Morgan fingerprint density at radius 1 is 1.32 bits per heavy atom. The van der Waals surface area contributed by atoms with Gasteiger partial charge in [0.25, 0.3) is 0 Å². The lowest BCUT2D eigenvalue weighted by atomic mass is 9.89. The summed E-state index contributed by atoms with van der Waals surface area (Å²) in [4.78, 5) is 8.59. The smallest absolute Gasteiger partial charge is 0.117 e. The van der Waals surface area contributed by atoms with Crippen molar-refractivity contribution in [2.45, 2.75) is 25.3 Å². The molecule has 1 aromatic heterocycles. The fraction of sp³-hybridized carbons (Fsp3) is 0.357. The van der Waals surface area contributed by atoms with E-state index in [1.165, 1.54) is 0 Å². The zero-order valence-electron chi connectivity index (χ0n) is 11.2. The highest BCUT2D eigenvalue weighted by Crippen LogP contribution is 2.28. The summed E-state index contributed by atoms with van der Waals surface area (Å²) in [5, 5.41) is 9.62. The summed E-state index contributed by atoms with van der Waals surface area (Å²) in [6, 6.07) is 7.99. The number of hydrogen-bond acceptors (Lipinski definition) is 4.